The Balaban J connectivity index is 1.07. The Hall–Kier alpha value is -7.56. The molecule has 12 rings (SSSR count). The van der Waals surface area contributed by atoms with Crippen molar-refractivity contribution in [2.75, 3.05) is 0 Å². The first-order valence-electron chi connectivity index (χ1n) is 18.9. The van der Waals surface area contributed by atoms with Crippen LogP contribution in [0, 0.1) is 0 Å². The Morgan fingerprint density at radius 2 is 0.857 bits per heavy atom. The fourth-order valence-corrected chi connectivity index (χ4v) is 8.69. The molecule has 0 saturated carbocycles. The van der Waals surface area contributed by atoms with Crippen molar-refractivity contribution in [3.8, 4) is 44.9 Å². The number of nitrogens with zero attached hydrogens (tertiary/aromatic N) is 2. The van der Waals surface area contributed by atoms with Crippen LogP contribution >= 0.6 is 0 Å². The summed E-state index contributed by atoms with van der Waals surface area (Å²) in [6.07, 6.45) is 0. The van der Waals surface area contributed by atoms with Crippen LogP contribution in [0.5, 0.6) is 0 Å². The van der Waals surface area contributed by atoms with Crippen molar-refractivity contribution in [2.45, 2.75) is 0 Å². The lowest BCUT2D eigenvalue weighted by Crippen LogP contribution is -1.93. The summed E-state index contributed by atoms with van der Waals surface area (Å²) < 4.78 is 13.5. The summed E-state index contributed by atoms with van der Waals surface area (Å²) in [5.41, 5.74) is 10.9. The molecule has 4 nitrogen and oxygen atoms in total. The van der Waals surface area contributed by atoms with Gasteiger partial charge in [0.05, 0.1) is 0 Å². The highest BCUT2D eigenvalue weighted by Crippen LogP contribution is 2.45. The Bertz CT molecular complexity index is 3490. The average Bonchev–Trinajstić information content (AvgIpc) is 3.85. The van der Waals surface area contributed by atoms with Gasteiger partial charge in [-0.2, -0.15) is 0 Å². The highest BCUT2D eigenvalue weighted by molar-refractivity contribution is 6.26. The smallest absolute Gasteiger partial charge is 0.180 e. The van der Waals surface area contributed by atoms with Gasteiger partial charge in [-0.1, -0.05) is 152 Å². The largest absolute Gasteiger partial charge is 0.455 e. The molecule has 0 aliphatic heterocycles. The van der Waals surface area contributed by atoms with E-state index >= 15 is 0 Å². The first kappa shape index (κ1) is 30.9. The summed E-state index contributed by atoms with van der Waals surface area (Å²) in [7, 11) is 0. The van der Waals surface area contributed by atoms with Crippen LogP contribution in [0.25, 0.3) is 121 Å². The average molecular weight is 715 g/mol. The summed E-state index contributed by atoms with van der Waals surface area (Å²) in [5, 5.41) is 10.6. The zero-order chi connectivity index (χ0) is 36.7. The van der Waals surface area contributed by atoms with Crippen molar-refractivity contribution in [1.29, 1.82) is 0 Å². The molecule has 0 aliphatic carbocycles. The van der Waals surface area contributed by atoms with Gasteiger partial charge in [-0.05, 0) is 79.3 Å². The van der Waals surface area contributed by atoms with Crippen LogP contribution in [0.2, 0.25) is 0 Å². The van der Waals surface area contributed by atoms with Crippen LogP contribution in [0.4, 0.5) is 0 Å². The molecule has 0 N–H and O–H groups in total. The van der Waals surface area contributed by atoms with Gasteiger partial charge in [0.1, 0.15) is 28.0 Å². The van der Waals surface area contributed by atoms with Gasteiger partial charge >= 0.3 is 0 Å². The van der Waals surface area contributed by atoms with Crippen molar-refractivity contribution < 1.29 is 8.83 Å². The minimum atomic E-state index is 0.667. The van der Waals surface area contributed by atoms with Crippen molar-refractivity contribution in [2.24, 2.45) is 0 Å². The first-order chi connectivity index (χ1) is 27.8. The van der Waals surface area contributed by atoms with Crippen molar-refractivity contribution in [3.05, 3.63) is 182 Å². The predicted octanol–water partition coefficient (Wildman–Crippen LogP) is 14.4. The van der Waals surface area contributed by atoms with Gasteiger partial charge in [-0.25, -0.2) is 9.97 Å². The molecule has 0 atom stereocenters. The van der Waals surface area contributed by atoms with Gasteiger partial charge in [-0.3, -0.25) is 0 Å². The lowest BCUT2D eigenvalue weighted by Gasteiger charge is -2.13. The van der Waals surface area contributed by atoms with Crippen LogP contribution in [0.1, 0.15) is 0 Å². The van der Waals surface area contributed by atoms with E-state index in [9.17, 15) is 0 Å². The summed E-state index contributed by atoms with van der Waals surface area (Å²) in [6.45, 7) is 0. The predicted molar refractivity (Wildman–Crippen MR) is 231 cm³/mol. The lowest BCUT2D eigenvalue weighted by atomic mass is 9.90. The molecule has 12 aromatic rings. The summed E-state index contributed by atoms with van der Waals surface area (Å²) in [4.78, 5) is 10.1. The number of para-hydroxylation sites is 1. The number of aromatic nitrogens is 2. The number of hydrogen-bond acceptors (Lipinski definition) is 4. The number of furan rings is 2. The van der Waals surface area contributed by atoms with Gasteiger partial charge < -0.3 is 8.83 Å². The van der Waals surface area contributed by atoms with E-state index in [1.165, 1.54) is 32.3 Å². The maximum absolute atomic E-state index is 6.78. The topological polar surface area (TPSA) is 52.1 Å². The van der Waals surface area contributed by atoms with Gasteiger partial charge in [0.2, 0.25) is 0 Å². The molecular weight excluding hydrogens is 685 g/mol. The molecular formula is C52H30N2O2. The highest BCUT2D eigenvalue weighted by atomic mass is 16.3. The molecule has 0 bridgehead atoms. The van der Waals surface area contributed by atoms with E-state index < -0.39 is 0 Å². The SMILES string of the molecule is c1ccc(-c2nc(-c3ccccc3)c3oc4cc(-c5ccc(-c6ccc7c8ccccc8c8ccccc8c7c6)c6oc7ccccc7c56)ccc4c3n2)cc1. The highest BCUT2D eigenvalue weighted by Gasteiger charge is 2.21. The summed E-state index contributed by atoms with van der Waals surface area (Å²) in [6, 6.07) is 63.8. The molecule has 3 heterocycles. The third-order valence-corrected chi connectivity index (χ3v) is 11.3. The molecule has 260 valence electrons. The van der Waals surface area contributed by atoms with Crippen LogP contribution in [-0.4, -0.2) is 9.97 Å². The molecule has 0 amide bonds. The molecule has 0 saturated heterocycles. The van der Waals surface area contributed by atoms with Crippen LogP contribution in [0.15, 0.2) is 191 Å². The van der Waals surface area contributed by atoms with Crippen molar-refractivity contribution in [1.82, 2.24) is 9.97 Å². The molecule has 9 aromatic carbocycles. The minimum Gasteiger partial charge on any atom is -0.455 e. The van der Waals surface area contributed by atoms with Crippen LogP contribution in [-0.2, 0) is 0 Å². The molecule has 0 unspecified atom stereocenters. The maximum atomic E-state index is 6.78. The van der Waals surface area contributed by atoms with E-state index in [2.05, 4.69) is 127 Å². The molecule has 0 radical (unpaired) electrons. The standard InChI is InChI=1S/C52H30N2O2/c1-3-13-31(14-4-1)48-51-49(54-52(53-48)32-15-5-2-6-16-32)43-26-24-34(30-46(43)56-51)35-27-28-36(50-47(35)42-21-11-12-22-45(42)55-50)33-23-25-41-39-19-8-7-17-37(39)38-18-9-10-20-40(38)44(41)29-33/h1-30H. The molecule has 56 heavy (non-hydrogen) atoms. The van der Waals surface area contributed by atoms with E-state index in [0.29, 0.717) is 11.4 Å². The van der Waals surface area contributed by atoms with Gasteiger partial charge in [0.15, 0.2) is 11.4 Å². The van der Waals surface area contributed by atoms with E-state index in [1.54, 1.807) is 0 Å². The fraction of sp³-hybridized carbons (Fsp3) is 0. The van der Waals surface area contributed by atoms with Gasteiger partial charge in [0, 0.05) is 32.8 Å². The number of benzene rings is 9. The zero-order valence-corrected chi connectivity index (χ0v) is 30.0. The van der Waals surface area contributed by atoms with Crippen LogP contribution in [0.3, 0.4) is 0 Å². The van der Waals surface area contributed by atoms with Gasteiger partial charge in [-0.15, -0.1) is 0 Å². The molecule has 4 heteroatoms. The van der Waals surface area contributed by atoms with E-state index in [1.807, 2.05) is 54.6 Å². The van der Waals surface area contributed by atoms with Crippen LogP contribution < -0.4 is 0 Å². The van der Waals surface area contributed by atoms with E-state index in [-0.39, 0.29) is 0 Å². The Kier molecular flexibility index (Phi) is 6.60. The van der Waals surface area contributed by atoms with E-state index in [4.69, 9.17) is 18.8 Å². The fourth-order valence-electron chi connectivity index (χ4n) is 8.69. The van der Waals surface area contributed by atoms with Crippen molar-refractivity contribution in [3.63, 3.8) is 0 Å². The van der Waals surface area contributed by atoms with Gasteiger partial charge in [0.25, 0.3) is 0 Å². The molecule has 0 aliphatic rings. The van der Waals surface area contributed by atoms with Crippen molar-refractivity contribution >= 4 is 76.3 Å². The summed E-state index contributed by atoms with van der Waals surface area (Å²) in [5.74, 6) is 0.667. The Morgan fingerprint density at radius 3 is 1.57 bits per heavy atom. The maximum Gasteiger partial charge on any atom is 0.180 e. The quantitative estimate of drug-likeness (QED) is 0.170. The first-order valence-corrected chi connectivity index (χ1v) is 18.9. The minimum absolute atomic E-state index is 0.667. The normalized spacial score (nSPS) is 11.9. The molecule has 0 fully saturated rings. The monoisotopic (exact) mass is 714 g/mol. The number of rotatable bonds is 4. The summed E-state index contributed by atoms with van der Waals surface area (Å²) >= 11 is 0. The second-order valence-electron chi connectivity index (χ2n) is 14.4. The van der Waals surface area contributed by atoms with E-state index in [0.717, 1.165) is 77.5 Å². The lowest BCUT2D eigenvalue weighted by molar-refractivity contribution is 0.667. The Labute approximate surface area is 320 Å². The molecule has 3 aromatic heterocycles. The second-order valence-corrected chi connectivity index (χ2v) is 14.4. The number of fused-ring (bicyclic) bond motifs is 12. The second kappa shape index (κ2) is 12.0. The third kappa shape index (κ3) is 4.60. The zero-order valence-electron chi connectivity index (χ0n) is 30.0. The number of hydrogen-bond donors (Lipinski definition) is 0. The Morgan fingerprint density at radius 1 is 0.321 bits per heavy atom. The third-order valence-electron chi connectivity index (χ3n) is 11.3. The molecule has 0 spiro atoms.